The largest absolute Gasteiger partial charge is 0.416 e. The van der Waals surface area contributed by atoms with E-state index in [1.54, 1.807) is 12.1 Å². The first-order chi connectivity index (χ1) is 12.3. The predicted molar refractivity (Wildman–Crippen MR) is 104 cm³/mol. The molecule has 1 aromatic carbocycles. The molecule has 2 nitrogen and oxygen atoms in total. The highest BCUT2D eigenvalue weighted by molar-refractivity contribution is 5.30. The molecule has 0 saturated carbocycles. The average molecular weight is 383 g/mol. The Morgan fingerprint density at radius 3 is 2.04 bits per heavy atom. The molecular weight excluding hydrogens is 351 g/mol. The summed E-state index contributed by atoms with van der Waals surface area (Å²) in [4.78, 5) is 2.39. The maximum Gasteiger partial charge on any atom is 0.416 e. The van der Waals surface area contributed by atoms with Gasteiger partial charge in [-0.05, 0) is 63.1 Å². The summed E-state index contributed by atoms with van der Waals surface area (Å²) >= 11 is 0. The van der Waals surface area contributed by atoms with Gasteiger partial charge in [-0.25, -0.2) is 0 Å². The smallest absolute Gasteiger partial charge is 0.390 e. The Bertz CT molecular complexity index is 645. The Kier molecular flexibility index (Phi) is 6.48. The summed E-state index contributed by atoms with van der Waals surface area (Å²) in [5, 5.41) is 10.2. The minimum Gasteiger partial charge on any atom is -0.390 e. The van der Waals surface area contributed by atoms with Crippen LogP contribution in [0.1, 0.15) is 65.0 Å². The summed E-state index contributed by atoms with van der Waals surface area (Å²) in [6, 6.07) is 5.74. The standard InChI is InChI=1S/C22H32F3NO/c1-16(2)14-19(26-12-10-21(5,27)11-13-26)15-20(3,4)17-6-8-18(9-7-17)22(23,24)25/h6-9,14,19,27H,10-13,15H2,1-5H3/t19-/m1/s1. The van der Waals surface area contributed by atoms with Gasteiger partial charge in [0.05, 0.1) is 11.2 Å². The summed E-state index contributed by atoms with van der Waals surface area (Å²) in [5.74, 6) is 0. The van der Waals surface area contributed by atoms with Gasteiger partial charge in [0.2, 0.25) is 0 Å². The van der Waals surface area contributed by atoms with E-state index in [0.29, 0.717) is 0 Å². The van der Waals surface area contributed by atoms with Crippen molar-refractivity contribution in [1.29, 1.82) is 0 Å². The molecule has 1 aromatic rings. The van der Waals surface area contributed by atoms with E-state index in [2.05, 4.69) is 38.7 Å². The van der Waals surface area contributed by atoms with E-state index in [1.807, 2.05) is 6.92 Å². The lowest BCUT2D eigenvalue weighted by Crippen LogP contribution is -2.48. The van der Waals surface area contributed by atoms with Gasteiger partial charge in [0, 0.05) is 19.1 Å². The average Bonchev–Trinajstić information content (AvgIpc) is 2.53. The zero-order valence-corrected chi connectivity index (χ0v) is 17.0. The second-order valence-corrected chi connectivity index (χ2v) is 9.01. The number of aliphatic hydroxyl groups is 1. The Balaban J connectivity index is 2.19. The molecule has 0 bridgehead atoms. The van der Waals surface area contributed by atoms with Crippen molar-refractivity contribution in [1.82, 2.24) is 4.90 Å². The second kappa shape index (κ2) is 7.96. The monoisotopic (exact) mass is 383 g/mol. The molecule has 1 atom stereocenters. The zero-order valence-electron chi connectivity index (χ0n) is 17.0. The van der Waals surface area contributed by atoms with Gasteiger partial charge in [-0.15, -0.1) is 0 Å². The molecule has 2 rings (SSSR count). The SMILES string of the molecule is CC(C)=C[C@H](CC(C)(C)c1ccc(C(F)(F)F)cc1)N1CCC(C)(O)CC1. The number of alkyl halides is 3. The predicted octanol–water partition coefficient (Wildman–Crippen LogP) is 5.55. The summed E-state index contributed by atoms with van der Waals surface area (Å²) in [6.07, 6.45) is 0.219. The lowest BCUT2D eigenvalue weighted by molar-refractivity contribution is -0.137. The Morgan fingerprint density at radius 2 is 1.59 bits per heavy atom. The van der Waals surface area contributed by atoms with E-state index in [-0.39, 0.29) is 11.5 Å². The lowest BCUT2D eigenvalue weighted by atomic mass is 9.77. The van der Waals surface area contributed by atoms with Crippen LogP contribution in [0.5, 0.6) is 0 Å². The zero-order chi connectivity index (χ0) is 20.5. The molecule has 5 heteroatoms. The second-order valence-electron chi connectivity index (χ2n) is 9.01. The fourth-order valence-corrected chi connectivity index (χ4v) is 3.77. The molecule has 0 radical (unpaired) electrons. The number of hydrogen-bond acceptors (Lipinski definition) is 2. The van der Waals surface area contributed by atoms with E-state index in [9.17, 15) is 18.3 Å². The van der Waals surface area contributed by atoms with Crippen LogP contribution < -0.4 is 0 Å². The van der Waals surface area contributed by atoms with Crippen LogP contribution >= 0.6 is 0 Å². The quantitative estimate of drug-likeness (QED) is 0.674. The lowest BCUT2D eigenvalue weighted by Gasteiger charge is -2.42. The molecule has 1 fully saturated rings. The molecule has 1 N–H and O–H groups in total. The van der Waals surface area contributed by atoms with Crippen molar-refractivity contribution in [3.8, 4) is 0 Å². The minimum atomic E-state index is -4.31. The Labute approximate surface area is 161 Å². The summed E-state index contributed by atoms with van der Waals surface area (Å²) < 4.78 is 38.5. The molecule has 1 aliphatic rings. The fraction of sp³-hybridized carbons (Fsp3) is 0.636. The Hall–Kier alpha value is -1.33. The van der Waals surface area contributed by atoms with E-state index >= 15 is 0 Å². The molecule has 1 heterocycles. The van der Waals surface area contributed by atoms with Gasteiger partial charge in [0.25, 0.3) is 0 Å². The normalized spacial score (nSPS) is 19.6. The van der Waals surface area contributed by atoms with Crippen LogP contribution in [0.4, 0.5) is 13.2 Å². The number of halogens is 3. The van der Waals surface area contributed by atoms with Crippen LogP contribution in [0.15, 0.2) is 35.9 Å². The molecule has 0 unspecified atom stereocenters. The molecule has 1 aliphatic heterocycles. The van der Waals surface area contributed by atoms with Gasteiger partial charge in [-0.1, -0.05) is 37.6 Å². The van der Waals surface area contributed by atoms with Crippen molar-refractivity contribution < 1.29 is 18.3 Å². The van der Waals surface area contributed by atoms with Gasteiger partial charge >= 0.3 is 6.18 Å². The van der Waals surface area contributed by atoms with Gasteiger partial charge < -0.3 is 5.11 Å². The van der Waals surface area contributed by atoms with Crippen LogP contribution in [0, 0.1) is 0 Å². The maximum absolute atomic E-state index is 12.8. The highest BCUT2D eigenvalue weighted by Crippen LogP contribution is 2.35. The number of likely N-dealkylation sites (tertiary alicyclic amines) is 1. The van der Waals surface area contributed by atoms with Crippen molar-refractivity contribution >= 4 is 0 Å². The van der Waals surface area contributed by atoms with E-state index < -0.39 is 17.3 Å². The molecule has 0 aromatic heterocycles. The number of hydrogen-bond donors (Lipinski definition) is 1. The highest BCUT2D eigenvalue weighted by Gasteiger charge is 2.34. The van der Waals surface area contributed by atoms with Crippen molar-refractivity contribution in [2.45, 2.75) is 77.1 Å². The van der Waals surface area contributed by atoms with Crippen LogP contribution in [-0.4, -0.2) is 34.7 Å². The van der Waals surface area contributed by atoms with Gasteiger partial charge in [-0.3, -0.25) is 4.90 Å². The number of rotatable bonds is 5. The minimum absolute atomic E-state index is 0.198. The maximum atomic E-state index is 12.8. The first kappa shape index (κ1) is 22.0. The third kappa shape index (κ3) is 6.08. The first-order valence-corrected chi connectivity index (χ1v) is 9.59. The number of nitrogens with zero attached hydrogens (tertiary/aromatic N) is 1. The summed E-state index contributed by atoms with van der Waals surface area (Å²) in [6.45, 7) is 11.8. The molecular formula is C22H32F3NO. The van der Waals surface area contributed by atoms with Crippen molar-refractivity contribution in [3.63, 3.8) is 0 Å². The van der Waals surface area contributed by atoms with Crippen molar-refractivity contribution in [2.75, 3.05) is 13.1 Å². The number of benzene rings is 1. The Morgan fingerprint density at radius 1 is 1.11 bits per heavy atom. The molecule has 0 aliphatic carbocycles. The van der Waals surface area contributed by atoms with Crippen LogP contribution in [-0.2, 0) is 11.6 Å². The number of allylic oxidation sites excluding steroid dienone is 1. The van der Waals surface area contributed by atoms with Crippen LogP contribution in [0.25, 0.3) is 0 Å². The van der Waals surface area contributed by atoms with Crippen molar-refractivity contribution in [2.24, 2.45) is 0 Å². The van der Waals surface area contributed by atoms with E-state index in [0.717, 1.165) is 37.9 Å². The van der Waals surface area contributed by atoms with Gasteiger partial charge in [0.1, 0.15) is 0 Å². The van der Waals surface area contributed by atoms with E-state index in [1.165, 1.54) is 17.7 Å². The molecule has 1 saturated heterocycles. The molecule has 152 valence electrons. The van der Waals surface area contributed by atoms with Crippen molar-refractivity contribution in [3.05, 3.63) is 47.0 Å². The molecule has 0 amide bonds. The van der Waals surface area contributed by atoms with Gasteiger partial charge in [0.15, 0.2) is 0 Å². The third-order valence-corrected chi connectivity index (χ3v) is 5.58. The highest BCUT2D eigenvalue weighted by atomic mass is 19.4. The van der Waals surface area contributed by atoms with Crippen LogP contribution in [0.3, 0.4) is 0 Å². The number of piperidine rings is 1. The fourth-order valence-electron chi connectivity index (χ4n) is 3.77. The summed E-state index contributed by atoms with van der Waals surface area (Å²) in [7, 11) is 0. The third-order valence-electron chi connectivity index (χ3n) is 5.58. The topological polar surface area (TPSA) is 23.5 Å². The van der Waals surface area contributed by atoms with Crippen LogP contribution in [0.2, 0.25) is 0 Å². The summed E-state index contributed by atoms with van der Waals surface area (Å²) in [5.41, 5.74) is 0.656. The molecule has 27 heavy (non-hydrogen) atoms. The first-order valence-electron chi connectivity index (χ1n) is 9.59. The van der Waals surface area contributed by atoms with Gasteiger partial charge in [-0.2, -0.15) is 13.2 Å². The molecule has 0 spiro atoms. The van der Waals surface area contributed by atoms with E-state index in [4.69, 9.17) is 0 Å².